The summed E-state index contributed by atoms with van der Waals surface area (Å²) in [6.07, 6.45) is 0.390. The zero-order valence-corrected chi connectivity index (χ0v) is 13.7. The second kappa shape index (κ2) is 7.59. The van der Waals surface area contributed by atoms with Gasteiger partial charge in [0.2, 0.25) is 0 Å². The number of hydrogen-bond donors (Lipinski definition) is 1. The number of anilines is 1. The minimum Gasteiger partial charge on any atom is -0.466 e. The lowest BCUT2D eigenvalue weighted by Gasteiger charge is -2.17. The van der Waals surface area contributed by atoms with Gasteiger partial charge >= 0.3 is 5.97 Å². The van der Waals surface area contributed by atoms with E-state index in [4.69, 9.17) is 10.5 Å². The van der Waals surface area contributed by atoms with Gasteiger partial charge < -0.3 is 10.5 Å². The number of carbonyl (C=O) groups excluding carboxylic acids is 1. The molecule has 126 valence electrons. The van der Waals surface area contributed by atoms with E-state index < -0.39 is 10.8 Å². The van der Waals surface area contributed by atoms with Gasteiger partial charge in [0.15, 0.2) is 0 Å². The number of esters is 1. The Morgan fingerprint density at radius 1 is 1.29 bits per heavy atom. The highest BCUT2D eigenvalue weighted by Gasteiger charge is 2.23. The standard InChI is InChI=1S/C18H20N2O4/c1-3-24-18(21)16(14-5-4-6-15(19)11-14)10-13-7-8-17(20(22)23)12(2)9-13/h4-9,11,16H,3,10,19H2,1-2H3. The van der Waals surface area contributed by atoms with Crippen LogP contribution in [0.25, 0.3) is 0 Å². The number of nitro benzene ring substituents is 1. The quantitative estimate of drug-likeness (QED) is 0.379. The van der Waals surface area contributed by atoms with Gasteiger partial charge in [-0.05, 0) is 49.6 Å². The van der Waals surface area contributed by atoms with Crippen molar-refractivity contribution in [1.82, 2.24) is 0 Å². The smallest absolute Gasteiger partial charge is 0.313 e. The Morgan fingerprint density at radius 3 is 2.62 bits per heavy atom. The van der Waals surface area contributed by atoms with Crippen molar-refractivity contribution >= 4 is 17.3 Å². The van der Waals surface area contributed by atoms with Crippen LogP contribution in [0.1, 0.15) is 29.5 Å². The number of aryl methyl sites for hydroxylation is 1. The molecule has 0 saturated heterocycles. The van der Waals surface area contributed by atoms with Crippen molar-refractivity contribution in [2.24, 2.45) is 0 Å². The predicted molar refractivity (Wildman–Crippen MR) is 91.8 cm³/mol. The van der Waals surface area contributed by atoms with Gasteiger partial charge in [0.25, 0.3) is 5.69 Å². The molecule has 0 saturated carbocycles. The van der Waals surface area contributed by atoms with Crippen LogP contribution in [0, 0.1) is 17.0 Å². The molecule has 0 spiro atoms. The number of nitrogen functional groups attached to an aromatic ring is 1. The van der Waals surface area contributed by atoms with E-state index in [1.54, 1.807) is 44.2 Å². The Kier molecular flexibility index (Phi) is 5.52. The molecule has 2 N–H and O–H groups in total. The monoisotopic (exact) mass is 328 g/mol. The number of nitro groups is 1. The van der Waals surface area contributed by atoms with Gasteiger partial charge in [-0.3, -0.25) is 14.9 Å². The number of hydrogen-bond acceptors (Lipinski definition) is 5. The molecule has 0 radical (unpaired) electrons. The molecule has 2 aromatic carbocycles. The summed E-state index contributed by atoms with van der Waals surface area (Å²) in [7, 11) is 0. The number of rotatable bonds is 6. The molecule has 2 aromatic rings. The Balaban J connectivity index is 2.33. The summed E-state index contributed by atoms with van der Waals surface area (Å²) in [6, 6.07) is 12.0. The van der Waals surface area contributed by atoms with Crippen molar-refractivity contribution in [3.05, 3.63) is 69.3 Å². The average molecular weight is 328 g/mol. The highest BCUT2D eigenvalue weighted by molar-refractivity contribution is 5.79. The predicted octanol–water partition coefficient (Wildman–Crippen LogP) is 3.37. The maximum absolute atomic E-state index is 12.3. The van der Waals surface area contributed by atoms with Gasteiger partial charge in [0.1, 0.15) is 0 Å². The third-order valence-corrected chi connectivity index (χ3v) is 3.78. The first kappa shape index (κ1) is 17.5. The summed E-state index contributed by atoms with van der Waals surface area (Å²) in [5.41, 5.74) is 8.61. The van der Waals surface area contributed by atoms with Crippen LogP contribution < -0.4 is 5.73 Å². The Morgan fingerprint density at radius 2 is 2.04 bits per heavy atom. The Labute approximate surface area is 140 Å². The fourth-order valence-electron chi connectivity index (χ4n) is 2.64. The highest BCUT2D eigenvalue weighted by atomic mass is 16.6. The molecule has 1 atom stereocenters. The fraction of sp³-hybridized carbons (Fsp3) is 0.278. The number of benzene rings is 2. The molecule has 1 unspecified atom stereocenters. The van der Waals surface area contributed by atoms with Gasteiger partial charge in [-0.1, -0.05) is 18.2 Å². The molecule has 0 aliphatic rings. The molecule has 0 aliphatic heterocycles. The summed E-state index contributed by atoms with van der Waals surface area (Å²) >= 11 is 0. The van der Waals surface area contributed by atoms with Gasteiger partial charge in [-0.2, -0.15) is 0 Å². The fourth-order valence-corrected chi connectivity index (χ4v) is 2.64. The minimum absolute atomic E-state index is 0.0652. The molecule has 2 rings (SSSR count). The number of nitrogens with zero attached hydrogens (tertiary/aromatic N) is 1. The lowest BCUT2D eigenvalue weighted by atomic mass is 9.91. The topological polar surface area (TPSA) is 95.5 Å². The van der Waals surface area contributed by atoms with E-state index in [1.165, 1.54) is 6.07 Å². The highest BCUT2D eigenvalue weighted by Crippen LogP contribution is 2.27. The van der Waals surface area contributed by atoms with E-state index in [0.29, 0.717) is 17.7 Å². The number of ether oxygens (including phenoxy) is 1. The Hall–Kier alpha value is -2.89. The largest absolute Gasteiger partial charge is 0.466 e. The van der Waals surface area contributed by atoms with Crippen LogP contribution in [0.4, 0.5) is 11.4 Å². The molecule has 6 nitrogen and oxygen atoms in total. The molecule has 0 aliphatic carbocycles. The SMILES string of the molecule is CCOC(=O)C(Cc1ccc([N+](=O)[O-])c(C)c1)c1cccc(N)c1. The summed E-state index contributed by atoms with van der Waals surface area (Å²) in [5.74, 6) is -0.839. The zero-order chi connectivity index (χ0) is 17.7. The minimum atomic E-state index is -0.505. The Bertz CT molecular complexity index is 758. The lowest BCUT2D eigenvalue weighted by molar-refractivity contribution is -0.385. The van der Waals surface area contributed by atoms with Crippen LogP contribution in [-0.2, 0) is 16.0 Å². The van der Waals surface area contributed by atoms with E-state index in [0.717, 1.165) is 11.1 Å². The lowest BCUT2D eigenvalue weighted by Crippen LogP contribution is -2.18. The second-order valence-electron chi connectivity index (χ2n) is 5.56. The summed E-state index contributed by atoms with van der Waals surface area (Å²) < 4.78 is 5.17. The molecule has 24 heavy (non-hydrogen) atoms. The average Bonchev–Trinajstić information content (AvgIpc) is 2.52. The molecular formula is C18H20N2O4. The normalized spacial score (nSPS) is 11.8. The van der Waals surface area contributed by atoms with Gasteiger partial charge in [0.05, 0.1) is 17.4 Å². The molecule has 0 aromatic heterocycles. The van der Waals surface area contributed by atoms with E-state index in [9.17, 15) is 14.9 Å². The molecule has 0 fully saturated rings. The molecule has 0 amide bonds. The summed E-state index contributed by atoms with van der Waals surface area (Å²) in [6.45, 7) is 3.72. The summed E-state index contributed by atoms with van der Waals surface area (Å²) in [5, 5.41) is 10.9. The van der Waals surface area contributed by atoms with Crippen molar-refractivity contribution in [2.75, 3.05) is 12.3 Å². The number of carbonyl (C=O) groups is 1. The first-order valence-electron chi connectivity index (χ1n) is 7.68. The van der Waals surface area contributed by atoms with E-state index >= 15 is 0 Å². The molecule has 0 bridgehead atoms. The molecule has 6 heteroatoms. The first-order valence-corrected chi connectivity index (χ1v) is 7.68. The van der Waals surface area contributed by atoms with Gasteiger partial charge in [0, 0.05) is 17.3 Å². The maximum Gasteiger partial charge on any atom is 0.313 e. The van der Waals surface area contributed by atoms with Crippen LogP contribution in [0.15, 0.2) is 42.5 Å². The van der Waals surface area contributed by atoms with E-state index in [-0.39, 0.29) is 18.3 Å². The van der Waals surface area contributed by atoms with Gasteiger partial charge in [-0.15, -0.1) is 0 Å². The molecular weight excluding hydrogens is 308 g/mol. The third kappa shape index (κ3) is 4.10. The van der Waals surface area contributed by atoms with Crippen LogP contribution in [0.5, 0.6) is 0 Å². The third-order valence-electron chi connectivity index (χ3n) is 3.78. The van der Waals surface area contributed by atoms with Crippen LogP contribution in [0.3, 0.4) is 0 Å². The van der Waals surface area contributed by atoms with Gasteiger partial charge in [-0.25, -0.2) is 0 Å². The number of nitrogens with two attached hydrogens (primary N) is 1. The van der Waals surface area contributed by atoms with Crippen molar-refractivity contribution in [3.8, 4) is 0 Å². The molecule has 0 heterocycles. The van der Waals surface area contributed by atoms with Crippen LogP contribution in [-0.4, -0.2) is 17.5 Å². The van der Waals surface area contributed by atoms with E-state index in [1.807, 2.05) is 6.07 Å². The van der Waals surface area contributed by atoms with Crippen LogP contribution in [0.2, 0.25) is 0 Å². The maximum atomic E-state index is 12.3. The second-order valence-corrected chi connectivity index (χ2v) is 5.56. The first-order chi connectivity index (χ1) is 11.4. The van der Waals surface area contributed by atoms with Crippen molar-refractivity contribution in [2.45, 2.75) is 26.2 Å². The summed E-state index contributed by atoms with van der Waals surface area (Å²) in [4.78, 5) is 22.9. The van der Waals surface area contributed by atoms with Crippen molar-refractivity contribution in [1.29, 1.82) is 0 Å². The zero-order valence-electron chi connectivity index (χ0n) is 13.7. The van der Waals surface area contributed by atoms with E-state index in [2.05, 4.69) is 0 Å². The van der Waals surface area contributed by atoms with Crippen LogP contribution >= 0.6 is 0 Å². The van der Waals surface area contributed by atoms with Crippen molar-refractivity contribution < 1.29 is 14.5 Å². The van der Waals surface area contributed by atoms with Crippen molar-refractivity contribution in [3.63, 3.8) is 0 Å².